The first kappa shape index (κ1) is 18.7. The first-order chi connectivity index (χ1) is 10.4. The molecule has 0 saturated heterocycles. The molecule has 1 unspecified atom stereocenters. The molecule has 22 heavy (non-hydrogen) atoms. The molecule has 1 saturated carbocycles. The van der Waals surface area contributed by atoms with E-state index >= 15 is 0 Å². The molecule has 1 atom stereocenters. The van der Waals surface area contributed by atoms with Crippen molar-refractivity contribution in [3.05, 3.63) is 35.5 Å². The molecule has 0 heterocycles. The van der Waals surface area contributed by atoms with Gasteiger partial charge in [-0.25, -0.2) is 0 Å². The zero-order chi connectivity index (χ0) is 16.5. The van der Waals surface area contributed by atoms with Gasteiger partial charge in [0, 0.05) is 0 Å². The first-order valence-corrected chi connectivity index (χ1v) is 8.61. The summed E-state index contributed by atoms with van der Waals surface area (Å²) in [6.45, 7) is 8.73. The maximum Gasteiger partial charge on any atom is 0.306 e. The Hall–Kier alpha value is -1.31. The smallest absolute Gasteiger partial charge is 0.306 e. The fourth-order valence-corrected chi connectivity index (χ4v) is 3.06. The van der Waals surface area contributed by atoms with E-state index < -0.39 is 5.97 Å². The minimum Gasteiger partial charge on any atom is -0.481 e. The zero-order valence-corrected chi connectivity index (χ0v) is 14.6. The highest BCUT2D eigenvalue weighted by molar-refractivity contribution is 5.70. The lowest BCUT2D eigenvalue weighted by molar-refractivity contribution is -0.143. The molecule has 1 fully saturated rings. The van der Waals surface area contributed by atoms with E-state index in [2.05, 4.69) is 52.0 Å². The Morgan fingerprint density at radius 2 is 1.73 bits per heavy atom. The van der Waals surface area contributed by atoms with Gasteiger partial charge in [-0.1, -0.05) is 42.4 Å². The third kappa shape index (κ3) is 7.11. The van der Waals surface area contributed by atoms with Gasteiger partial charge in [-0.05, 0) is 71.1 Å². The van der Waals surface area contributed by atoms with E-state index in [-0.39, 0.29) is 5.92 Å². The van der Waals surface area contributed by atoms with Gasteiger partial charge in [0.2, 0.25) is 0 Å². The quantitative estimate of drug-likeness (QED) is 0.479. The van der Waals surface area contributed by atoms with E-state index in [1.807, 2.05) is 0 Å². The van der Waals surface area contributed by atoms with Gasteiger partial charge in [-0.15, -0.1) is 0 Å². The lowest BCUT2D eigenvalue weighted by Gasteiger charge is -2.26. The zero-order valence-electron chi connectivity index (χ0n) is 14.6. The second-order valence-electron chi connectivity index (χ2n) is 7.02. The van der Waals surface area contributed by atoms with E-state index in [1.54, 1.807) is 0 Å². The van der Waals surface area contributed by atoms with Crippen LogP contribution in [0.15, 0.2) is 35.5 Å². The fraction of sp³-hybridized carbons (Fsp3) is 0.650. The average Bonchev–Trinajstić information content (AvgIpc) is 2.46. The lowest BCUT2D eigenvalue weighted by Crippen LogP contribution is -2.21. The van der Waals surface area contributed by atoms with Gasteiger partial charge >= 0.3 is 5.97 Å². The van der Waals surface area contributed by atoms with Gasteiger partial charge in [0.05, 0.1) is 5.92 Å². The third-order valence-electron chi connectivity index (χ3n) is 4.69. The molecule has 0 aromatic rings. The second-order valence-corrected chi connectivity index (χ2v) is 7.02. The van der Waals surface area contributed by atoms with Gasteiger partial charge in [-0.2, -0.15) is 0 Å². The number of aliphatic carboxylic acids is 1. The van der Waals surface area contributed by atoms with Crippen molar-refractivity contribution in [2.24, 2.45) is 17.8 Å². The summed E-state index contributed by atoms with van der Waals surface area (Å²) in [5.74, 6) is 0.434. The number of hydrogen-bond acceptors (Lipinski definition) is 1. The summed E-state index contributed by atoms with van der Waals surface area (Å²) < 4.78 is 0. The monoisotopic (exact) mass is 304 g/mol. The largest absolute Gasteiger partial charge is 0.481 e. The van der Waals surface area contributed by atoms with Crippen LogP contribution in [0.3, 0.4) is 0 Å². The number of allylic oxidation sites excluding steroid dienone is 6. The maximum atomic E-state index is 11.0. The Morgan fingerprint density at radius 1 is 1.14 bits per heavy atom. The summed E-state index contributed by atoms with van der Waals surface area (Å²) >= 11 is 0. The van der Waals surface area contributed by atoms with Crippen molar-refractivity contribution in [3.8, 4) is 0 Å². The van der Waals surface area contributed by atoms with Crippen LogP contribution in [0.1, 0.15) is 66.2 Å². The molecule has 1 aliphatic rings. The van der Waals surface area contributed by atoms with E-state index in [4.69, 9.17) is 5.11 Å². The number of carbonyl (C=O) groups is 1. The van der Waals surface area contributed by atoms with Crippen molar-refractivity contribution in [1.29, 1.82) is 0 Å². The van der Waals surface area contributed by atoms with Crippen molar-refractivity contribution in [2.45, 2.75) is 66.2 Å². The molecule has 0 spiro atoms. The highest BCUT2D eigenvalue weighted by atomic mass is 16.4. The molecule has 0 radical (unpaired) electrons. The lowest BCUT2D eigenvalue weighted by atomic mass is 9.79. The summed E-state index contributed by atoms with van der Waals surface area (Å²) in [4.78, 5) is 11.0. The Balaban J connectivity index is 2.37. The molecule has 1 rings (SSSR count). The Bertz CT molecular complexity index is 431. The minimum atomic E-state index is -0.620. The van der Waals surface area contributed by atoms with Crippen LogP contribution in [0, 0.1) is 17.8 Å². The summed E-state index contributed by atoms with van der Waals surface area (Å²) in [6.07, 6.45) is 15.0. The number of rotatable bonds is 7. The Labute approximate surface area is 136 Å². The van der Waals surface area contributed by atoms with Gasteiger partial charge in [0.1, 0.15) is 0 Å². The number of hydrogen-bond donors (Lipinski definition) is 1. The highest BCUT2D eigenvalue weighted by Crippen LogP contribution is 2.33. The van der Waals surface area contributed by atoms with E-state index in [1.165, 1.54) is 17.6 Å². The number of carboxylic acids is 1. The minimum absolute atomic E-state index is 0.116. The van der Waals surface area contributed by atoms with E-state index in [9.17, 15) is 4.79 Å². The SMILES string of the molecule is CC(C)=CCCC(C)/C=C/C=C(\C)C1CCC(C(=O)O)CC1. The van der Waals surface area contributed by atoms with Crippen molar-refractivity contribution in [1.82, 2.24) is 0 Å². The first-order valence-electron chi connectivity index (χ1n) is 8.61. The molecule has 1 aliphatic carbocycles. The van der Waals surface area contributed by atoms with Gasteiger partial charge < -0.3 is 5.11 Å². The molecule has 0 bridgehead atoms. The molecule has 0 aromatic carbocycles. The van der Waals surface area contributed by atoms with Crippen LogP contribution < -0.4 is 0 Å². The van der Waals surface area contributed by atoms with Crippen LogP contribution in [0.25, 0.3) is 0 Å². The normalized spacial score (nSPS) is 24.3. The summed E-state index contributed by atoms with van der Waals surface area (Å²) in [6, 6.07) is 0. The van der Waals surface area contributed by atoms with Crippen LogP contribution >= 0.6 is 0 Å². The Morgan fingerprint density at radius 3 is 2.27 bits per heavy atom. The van der Waals surface area contributed by atoms with Crippen LogP contribution in [0.5, 0.6) is 0 Å². The number of carboxylic acid groups (broad SMARTS) is 1. The van der Waals surface area contributed by atoms with Gasteiger partial charge in [0.15, 0.2) is 0 Å². The topological polar surface area (TPSA) is 37.3 Å². The molecular formula is C20H32O2. The van der Waals surface area contributed by atoms with Crippen LogP contribution in [-0.2, 0) is 4.79 Å². The van der Waals surface area contributed by atoms with Crippen molar-refractivity contribution < 1.29 is 9.90 Å². The van der Waals surface area contributed by atoms with Crippen LogP contribution in [-0.4, -0.2) is 11.1 Å². The molecule has 0 aliphatic heterocycles. The molecule has 0 amide bonds. The summed E-state index contributed by atoms with van der Waals surface area (Å²) in [7, 11) is 0. The van der Waals surface area contributed by atoms with Crippen LogP contribution in [0.4, 0.5) is 0 Å². The van der Waals surface area contributed by atoms with Gasteiger partial charge in [-0.3, -0.25) is 4.79 Å². The van der Waals surface area contributed by atoms with Gasteiger partial charge in [0.25, 0.3) is 0 Å². The Kier molecular flexibility index (Phi) is 8.22. The predicted molar refractivity (Wildman–Crippen MR) is 93.8 cm³/mol. The van der Waals surface area contributed by atoms with Crippen molar-refractivity contribution >= 4 is 5.97 Å². The second kappa shape index (κ2) is 9.66. The molecular weight excluding hydrogens is 272 g/mol. The molecule has 124 valence electrons. The molecule has 2 heteroatoms. The third-order valence-corrected chi connectivity index (χ3v) is 4.69. The van der Waals surface area contributed by atoms with E-state index in [0.29, 0.717) is 11.8 Å². The maximum absolute atomic E-state index is 11.0. The summed E-state index contributed by atoms with van der Waals surface area (Å²) in [5, 5.41) is 9.04. The van der Waals surface area contributed by atoms with Crippen molar-refractivity contribution in [3.63, 3.8) is 0 Å². The summed E-state index contributed by atoms with van der Waals surface area (Å²) in [5.41, 5.74) is 2.79. The average molecular weight is 304 g/mol. The van der Waals surface area contributed by atoms with Crippen LogP contribution in [0.2, 0.25) is 0 Å². The molecule has 2 nitrogen and oxygen atoms in total. The van der Waals surface area contributed by atoms with E-state index in [0.717, 1.165) is 32.1 Å². The predicted octanol–water partition coefficient (Wildman–Crippen LogP) is 5.76. The van der Waals surface area contributed by atoms with Crippen molar-refractivity contribution in [2.75, 3.05) is 0 Å². The highest BCUT2D eigenvalue weighted by Gasteiger charge is 2.26. The molecule has 0 aromatic heterocycles. The molecule has 1 N–H and O–H groups in total. The fourth-order valence-electron chi connectivity index (χ4n) is 3.06. The standard InChI is InChI=1S/C20H32O2/c1-15(2)7-5-8-16(3)9-6-10-17(4)18-11-13-19(14-12-18)20(21)22/h6-7,9-10,16,18-19H,5,8,11-14H2,1-4H3,(H,21,22)/b9-6+,17-10+.